The SMILES string of the molecule is COc1cc(S(=O)(=O)c2c(Cl)cc(F)cc2Cl)ccc1O. The van der Waals surface area contributed by atoms with Crippen LogP contribution in [0.25, 0.3) is 0 Å². The highest BCUT2D eigenvalue weighted by molar-refractivity contribution is 7.91. The third-order valence-electron chi connectivity index (χ3n) is 2.69. The molecule has 0 amide bonds. The van der Waals surface area contributed by atoms with Crippen LogP contribution in [0, 0.1) is 5.82 Å². The molecule has 1 N–H and O–H groups in total. The summed E-state index contributed by atoms with van der Waals surface area (Å²) in [4.78, 5) is -0.590. The van der Waals surface area contributed by atoms with Gasteiger partial charge in [-0.15, -0.1) is 0 Å². The minimum absolute atomic E-state index is 0.0227. The van der Waals surface area contributed by atoms with Gasteiger partial charge in [-0.05, 0) is 24.3 Å². The number of sulfone groups is 1. The van der Waals surface area contributed by atoms with Gasteiger partial charge in [0.2, 0.25) is 9.84 Å². The Morgan fingerprint density at radius 2 is 1.71 bits per heavy atom. The van der Waals surface area contributed by atoms with Gasteiger partial charge >= 0.3 is 0 Å². The molecule has 0 aromatic heterocycles. The molecular formula is C13H9Cl2FO4S. The molecule has 0 bridgehead atoms. The van der Waals surface area contributed by atoms with E-state index in [2.05, 4.69) is 0 Å². The van der Waals surface area contributed by atoms with E-state index in [9.17, 15) is 17.9 Å². The maximum absolute atomic E-state index is 13.2. The molecule has 112 valence electrons. The average Bonchev–Trinajstić information content (AvgIpc) is 2.37. The first-order valence-corrected chi connectivity index (χ1v) is 7.78. The summed E-state index contributed by atoms with van der Waals surface area (Å²) in [6.45, 7) is 0. The highest BCUT2D eigenvalue weighted by Gasteiger charge is 2.26. The van der Waals surface area contributed by atoms with Crippen molar-refractivity contribution in [2.45, 2.75) is 9.79 Å². The van der Waals surface area contributed by atoms with E-state index < -0.39 is 20.5 Å². The summed E-state index contributed by atoms with van der Waals surface area (Å²) in [5.41, 5.74) is 0. The van der Waals surface area contributed by atoms with E-state index in [1.165, 1.54) is 13.2 Å². The highest BCUT2D eigenvalue weighted by Crippen LogP contribution is 2.37. The molecule has 0 saturated carbocycles. The molecule has 0 unspecified atom stereocenters. The Labute approximate surface area is 130 Å². The van der Waals surface area contributed by atoms with E-state index in [1.807, 2.05) is 0 Å². The molecule has 8 heteroatoms. The number of halogens is 3. The van der Waals surface area contributed by atoms with Crippen LogP contribution in [0.1, 0.15) is 0 Å². The van der Waals surface area contributed by atoms with Crippen LogP contribution in [0.4, 0.5) is 4.39 Å². The molecule has 0 heterocycles. The minimum atomic E-state index is -4.09. The quantitative estimate of drug-likeness (QED) is 0.857. The van der Waals surface area contributed by atoms with Crippen LogP contribution in [0.5, 0.6) is 11.5 Å². The normalized spacial score (nSPS) is 11.4. The van der Waals surface area contributed by atoms with E-state index in [4.69, 9.17) is 27.9 Å². The molecular weight excluding hydrogens is 342 g/mol. The van der Waals surface area contributed by atoms with Crippen molar-refractivity contribution in [3.05, 3.63) is 46.2 Å². The molecule has 0 fully saturated rings. The summed E-state index contributed by atoms with van der Waals surface area (Å²) >= 11 is 11.6. The zero-order valence-electron chi connectivity index (χ0n) is 10.6. The molecule has 0 saturated heterocycles. The third-order valence-corrected chi connectivity index (χ3v) is 5.37. The highest BCUT2D eigenvalue weighted by atomic mass is 35.5. The molecule has 2 aromatic rings. The molecule has 4 nitrogen and oxygen atoms in total. The van der Waals surface area contributed by atoms with Gasteiger partial charge in [-0.2, -0.15) is 0 Å². The van der Waals surface area contributed by atoms with Gasteiger partial charge in [0, 0.05) is 6.07 Å². The second-order valence-electron chi connectivity index (χ2n) is 4.04. The molecule has 0 aliphatic heterocycles. The maximum atomic E-state index is 13.2. The fourth-order valence-electron chi connectivity index (χ4n) is 1.73. The zero-order chi connectivity index (χ0) is 15.8. The van der Waals surface area contributed by atoms with Gasteiger partial charge < -0.3 is 9.84 Å². The number of phenols is 1. The van der Waals surface area contributed by atoms with Gasteiger partial charge in [0.1, 0.15) is 10.7 Å². The van der Waals surface area contributed by atoms with Gasteiger partial charge in [0.25, 0.3) is 0 Å². The number of methoxy groups -OCH3 is 1. The van der Waals surface area contributed by atoms with Gasteiger partial charge in [0.05, 0.1) is 22.1 Å². The van der Waals surface area contributed by atoms with Crippen molar-refractivity contribution in [3.8, 4) is 11.5 Å². The van der Waals surface area contributed by atoms with Crippen LogP contribution < -0.4 is 4.74 Å². The molecule has 0 aliphatic carbocycles. The van der Waals surface area contributed by atoms with Crippen LogP contribution in [-0.2, 0) is 9.84 Å². The first kappa shape index (κ1) is 15.9. The lowest BCUT2D eigenvalue weighted by Gasteiger charge is -2.11. The van der Waals surface area contributed by atoms with Crippen LogP contribution in [0.15, 0.2) is 40.1 Å². The summed E-state index contributed by atoms with van der Waals surface area (Å²) < 4.78 is 43.1. The Morgan fingerprint density at radius 1 is 1.14 bits per heavy atom. The number of aromatic hydroxyl groups is 1. The fourth-order valence-corrected chi connectivity index (χ4v) is 4.17. The summed E-state index contributed by atoms with van der Waals surface area (Å²) in [7, 11) is -2.81. The predicted octanol–water partition coefficient (Wildman–Crippen LogP) is 3.68. The maximum Gasteiger partial charge on any atom is 0.209 e. The number of ether oxygens (including phenoxy) is 1. The van der Waals surface area contributed by atoms with Crippen LogP contribution in [0.2, 0.25) is 10.0 Å². The second-order valence-corrected chi connectivity index (χ2v) is 6.74. The van der Waals surface area contributed by atoms with Crippen LogP contribution in [0.3, 0.4) is 0 Å². The topological polar surface area (TPSA) is 63.6 Å². The van der Waals surface area contributed by atoms with E-state index in [0.29, 0.717) is 0 Å². The van der Waals surface area contributed by atoms with Crippen molar-refractivity contribution >= 4 is 33.0 Å². The Balaban J connectivity index is 2.68. The van der Waals surface area contributed by atoms with Crippen molar-refractivity contribution in [2.75, 3.05) is 7.11 Å². The van der Waals surface area contributed by atoms with Crippen molar-refractivity contribution in [2.24, 2.45) is 0 Å². The minimum Gasteiger partial charge on any atom is -0.504 e. The van der Waals surface area contributed by atoms with E-state index in [0.717, 1.165) is 24.3 Å². The van der Waals surface area contributed by atoms with E-state index >= 15 is 0 Å². The molecule has 0 spiro atoms. The molecule has 0 aliphatic rings. The molecule has 0 radical (unpaired) electrons. The number of rotatable bonds is 3. The van der Waals surface area contributed by atoms with Crippen molar-refractivity contribution in [3.63, 3.8) is 0 Å². The van der Waals surface area contributed by atoms with Gasteiger partial charge in [-0.3, -0.25) is 0 Å². The third kappa shape index (κ3) is 2.92. The Morgan fingerprint density at radius 3 is 2.24 bits per heavy atom. The van der Waals surface area contributed by atoms with E-state index in [1.54, 1.807) is 0 Å². The number of phenolic OH excluding ortho intramolecular Hbond substituents is 1. The van der Waals surface area contributed by atoms with Crippen molar-refractivity contribution < 1.29 is 22.7 Å². The number of hydrogen-bond acceptors (Lipinski definition) is 4. The van der Waals surface area contributed by atoms with Crippen molar-refractivity contribution in [1.29, 1.82) is 0 Å². The lowest BCUT2D eigenvalue weighted by molar-refractivity contribution is 0.372. The number of hydrogen-bond donors (Lipinski definition) is 1. The fraction of sp³-hybridized carbons (Fsp3) is 0.0769. The summed E-state index contributed by atoms with van der Waals surface area (Å²) in [6.07, 6.45) is 0. The second kappa shape index (κ2) is 5.71. The monoisotopic (exact) mass is 350 g/mol. The Hall–Kier alpha value is -1.50. The van der Waals surface area contributed by atoms with Gasteiger partial charge in [-0.25, -0.2) is 12.8 Å². The van der Waals surface area contributed by atoms with Gasteiger partial charge in [-0.1, -0.05) is 23.2 Å². The summed E-state index contributed by atoms with van der Waals surface area (Å²) in [5, 5.41) is 8.84. The van der Waals surface area contributed by atoms with E-state index in [-0.39, 0.29) is 26.4 Å². The first-order valence-electron chi connectivity index (χ1n) is 5.54. The van der Waals surface area contributed by atoms with Crippen molar-refractivity contribution in [1.82, 2.24) is 0 Å². The van der Waals surface area contributed by atoms with Gasteiger partial charge in [0.15, 0.2) is 11.5 Å². The predicted molar refractivity (Wildman–Crippen MR) is 76.5 cm³/mol. The standard InChI is InChI=1S/C13H9Cl2FO4S/c1-20-12-6-8(2-3-11(12)17)21(18,19)13-9(14)4-7(16)5-10(13)15/h2-6,17H,1H3. The Bertz CT molecular complexity index is 783. The zero-order valence-corrected chi connectivity index (χ0v) is 12.9. The van der Waals surface area contributed by atoms with Crippen LogP contribution >= 0.6 is 23.2 Å². The molecule has 21 heavy (non-hydrogen) atoms. The number of benzene rings is 2. The Kier molecular flexibility index (Phi) is 4.32. The summed E-state index contributed by atoms with van der Waals surface area (Å²) in [5.74, 6) is -0.981. The molecule has 2 aromatic carbocycles. The summed E-state index contributed by atoms with van der Waals surface area (Å²) in [6, 6.07) is 5.18. The lowest BCUT2D eigenvalue weighted by Crippen LogP contribution is -2.04. The smallest absolute Gasteiger partial charge is 0.209 e. The largest absolute Gasteiger partial charge is 0.504 e. The molecule has 2 rings (SSSR count). The molecule has 0 atom stereocenters. The lowest BCUT2D eigenvalue weighted by atomic mass is 10.3. The first-order chi connectivity index (χ1) is 9.77. The van der Waals surface area contributed by atoms with Crippen LogP contribution in [-0.4, -0.2) is 20.6 Å². The average molecular weight is 351 g/mol.